The molecule has 29 heavy (non-hydrogen) atoms. The fourth-order valence-electron chi connectivity index (χ4n) is 4.26. The number of carbonyl (C=O) groups is 1. The molecule has 0 spiro atoms. The monoisotopic (exact) mass is 418 g/mol. The Labute approximate surface area is 173 Å². The molecule has 3 atom stereocenters. The van der Waals surface area contributed by atoms with Crippen LogP contribution in [0.3, 0.4) is 0 Å². The lowest BCUT2D eigenvalue weighted by atomic mass is 9.78. The SMILES string of the molecule is CC(C)N1CCN(C(=O)C2CCC(NS(=O)(=O)c3ccccc3)C(C#N)C2)CC1. The van der Waals surface area contributed by atoms with Gasteiger partial charge in [0.1, 0.15) is 0 Å². The summed E-state index contributed by atoms with van der Waals surface area (Å²) < 4.78 is 27.9. The van der Waals surface area contributed by atoms with Crippen molar-refractivity contribution in [2.75, 3.05) is 26.2 Å². The van der Waals surface area contributed by atoms with E-state index in [1.807, 2.05) is 4.90 Å². The zero-order valence-corrected chi connectivity index (χ0v) is 17.9. The first kappa shape index (κ1) is 21.8. The molecule has 1 saturated carbocycles. The number of rotatable bonds is 5. The highest BCUT2D eigenvalue weighted by atomic mass is 32.2. The Balaban J connectivity index is 1.60. The van der Waals surface area contributed by atoms with E-state index in [0.29, 0.717) is 25.3 Å². The third-order valence-electron chi connectivity index (χ3n) is 6.08. The Morgan fingerprint density at radius 1 is 1.14 bits per heavy atom. The van der Waals surface area contributed by atoms with Crippen LogP contribution in [0.5, 0.6) is 0 Å². The highest BCUT2D eigenvalue weighted by molar-refractivity contribution is 7.89. The van der Waals surface area contributed by atoms with Gasteiger partial charge >= 0.3 is 0 Å². The van der Waals surface area contributed by atoms with Crippen molar-refractivity contribution in [1.29, 1.82) is 5.26 Å². The van der Waals surface area contributed by atoms with Crippen LogP contribution < -0.4 is 4.72 Å². The molecule has 3 unspecified atom stereocenters. The average Bonchev–Trinajstić information content (AvgIpc) is 2.74. The lowest BCUT2D eigenvalue weighted by Crippen LogP contribution is -2.53. The van der Waals surface area contributed by atoms with Crippen molar-refractivity contribution in [3.05, 3.63) is 30.3 Å². The van der Waals surface area contributed by atoms with E-state index in [-0.39, 0.29) is 16.7 Å². The fourth-order valence-corrected chi connectivity index (χ4v) is 5.59. The van der Waals surface area contributed by atoms with Crippen molar-refractivity contribution >= 4 is 15.9 Å². The van der Waals surface area contributed by atoms with E-state index in [1.54, 1.807) is 18.2 Å². The third kappa shape index (κ3) is 5.16. The van der Waals surface area contributed by atoms with Crippen LogP contribution in [0.1, 0.15) is 33.1 Å². The summed E-state index contributed by atoms with van der Waals surface area (Å²) in [6.07, 6.45) is 1.50. The van der Waals surface area contributed by atoms with Gasteiger partial charge in [-0.2, -0.15) is 5.26 Å². The van der Waals surface area contributed by atoms with Gasteiger partial charge in [0.25, 0.3) is 0 Å². The molecule has 8 heteroatoms. The van der Waals surface area contributed by atoms with Gasteiger partial charge in [0, 0.05) is 44.2 Å². The van der Waals surface area contributed by atoms with E-state index in [4.69, 9.17) is 0 Å². The molecule has 1 heterocycles. The normalized spacial score (nSPS) is 26.3. The summed E-state index contributed by atoms with van der Waals surface area (Å²) in [7, 11) is -3.68. The Bertz CT molecular complexity index is 842. The van der Waals surface area contributed by atoms with Gasteiger partial charge in [0.05, 0.1) is 16.9 Å². The van der Waals surface area contributed by atoms with Crippen molar-refractivity contribution in [3.8, 4) is 6.07 Å². The molecule has 1 amide bonds. The van der Waals surface area contributed by atoms with Crippen molar-refractivity contribution in [1.82, 2.24) is 14.5 Å². The zero-order chi connectivity index (χ0) is 21.0. The van der Waals surface area contributed by atoms with Crippen molar-refractivity contribution < 1.29 is 13.2 Å². The highest BCUT2D eigenvalue weighted by Crippen LogP contribution is 2.31. The second-order valence-electron chi connectivity index (χ2n) is 8.24. The first-order valence-corrected chi connectivity index (χ1v) is 11.8. The van der Waals surface area contributed by atoms with Crippen LogP contribution in [0, 0.1) is 23.2 Å². The molecular weight excluding hydrogens is 388 g/mol. The second kappa shape index (κ2) is 9.24. The highest BCUT2D eigenvalue weighted by Gasteiger charge is 2.38. The summed E-state index contributed by atoms with van der Waals surface area (Å²) in [4.78, 5) is 17.4. The minimum atomic E-state index is -3.68. The first-order chi connectivity index (χ1) is 13.8. The Hall–Kier alpha value is -1.95. The number of benzene rings is 1. The Morgan fingerprint density at radius 2 is 1.79 bits per heavy atom. The number of nitriles is 1. The standard InChI is InChI=1S/C21H30N4O3S/c1-16(2)24-10-12-25(13-11-24)21(26)17-8-9-20(18(14-17)15-22)23-29(27,28)19-6-4-3-5-7-19/h3-7,16-18,20,23H,8-14H2,1-2H3. The van der Waals surface area contributed by atoms with E-state index in [1.165, 1.54) is 12.1 Å². The molecule has 1 aromatic rings. The molecule has 0 bridgehead atoms. The summed E-state index contributed by atoms with van der Waals surface area (Å²) in [5.41, 5.74) is 0. The Morgan fingerprint density at radius 3 is 2.38 bits per heavy atom. The maximum atomic E-state index is 13.0. The van der Waals surface area contributed by atoms with Gasteiger partial charge in [-0.25, -0.2) is 13.1 Å². The van der Waals surface area contributed by atoms with E-state index in [9.17, 15) is 18.5 Å². The first-order valence-electron chi connectivity index (χ1n) is 10.3. The minimum absolute atomic E-state index is 0.109. The number of carbonyl (C=O) groups excluding carboxylic acids is 1. The van der Waals surface area contributed by atoms with Gasteiger partial charge in [-0.1, -0.05) is 18.2 Å². The maximum absolute atomic E-state index is 13.0. The van der Waals surface area contributed by atoms with Crippen LogP contribution in [0.15, 0.2) is 35.2 Å². The molecule has 2 fully saturated rings. The van der Waals surface area contributed by atoms with Crippen LogP contribution >= 0.6 is 0 Å². The molecule has 1 N–H and O–H groups in total. The topological polar surface area (TPSA) is 93.5 Å². The number of sulfonamides is 1. The number of nitrogens with zero attached hydrogens (tertiary/aromatic N) is 3. The number of amides is 1. The smallest absolute Gasteiger partial charge is 0.240 e. The van der Waals surface area contributed by atoms with Crippen molar-refractivity contribution in [2.45, 2.75) is 50.1 Å². The quantitative estimate of drug-likeness (QED) is 0.787. The van der Waals surface area contributed by atoms with Gasteiger partial charge in [0.15, 0.2) is 0 Å². The lowest BCUT2D eigenvalue weighted by Gasteiger charge is -2.40. The van der Waals surface area contributed by atoms with Gasteiger partial charge in [-0.05, 0) is 45.2 Å². The van der Waals surface area contributed by atoms with Crippen LogP contribution in [-0.4, -0.2) is 62.4 Å². The van der Waals surface area contributed by atoms with Gasteiger partial charge in [-0.15, -0.1) is 0 Å². The summed E-state index contributed by atoms with van der Waals surface area (Å²) >= 11 is 0. The molecule has 1 aliphatic carbocycles. The predicted molar refractivity (Wildman–Crippen MR) is 110 cm³/mol. The molecule has 3 rings (SSSR count). The molecular formula is C21H30N4O3S. The second-order valence-corrected chi connectivity index (χ2v) is 9.96. The molecule has 1 saturated heterocycles. The summed E-state index contributed by atoms with van der Waals surface area (Å²) in [5.74, 6) is -0.603. The number of hydrogen-bond donors (Lipinski definition) is 1. The van der Waals surface area contributed by atoms with Gasteiger partial charge < -0.3 is 4.90 Å². The molecule has 0 radical (unpaired) electrons. The number of piperazine rings is 1. The molecule has 7 nitrogen and oxygen atoms in total. The van der Waals surface area contributed by atoms with E-state index in [0.717, 1.165) is 26.2 Å². The summed E-state index contributed by atoms with van der Waals surface area (Å²) in [6.45, 7) is 7.50. The summed E-state index contributed by atoms with van der Waals surface area (Å²) in [5, 5.41) is 9.62. The maximum Gasteiger partial charge on any atom is 0.240 e. The third-order valence-corrected chi connectivity index (χ3v) is 7.59. The van der Waals surface area contributed by atoms with Gasteiger partial charge in [-0.3, -0.25) is 9.69 Å². The predicted octanol–water partition coefficient (Wildman–Crippen LogP) is 1.83. The molecule has 0 aromatic heterocycles. The molecule has 158 valence electrons. The van der Waals surface area contributed by atoms with Crippen LogP contribution in [0.4, 0.5) is 0 Å². The van der Waals surface area contributed by atoms with E-state index < -0.39 is 22.0 Å². The molecule has 2 aliphatic rings. The summed E-state index contributed by atoms with van der Waals surface area (Å²) in [6, 6.07) is 10.4. The zero-order valence-electron chi connectivity index (χ0n) is 17.1. The minimum Gasteiger partial charge on any atom is -0.340 e. The van der Waals surface area contributed by atoms with Crippen molar-refractivity contribution in [2.24, 2.45) is 11.8 Å². The average molecular weight is 419 g/mol. The number of nitrogens with one attached hydrogen (secondary N) is 1. The Kier molecular flexibility index (Phi) is 6.93. The fraction of sp³-hybridized carbons (Fsp3) is 0.619. The lowest BCUT2D eigenvalue weighted by molar-refractivity contribution is -0.139. The van der Waals surface area contributed by atoms with E-state index in [2.05, 4.69) is 29.5 Å². The molecule has 1 aromatic carbocycles. The number of hydrogen-bond acceptors (Lipinski definition) is 5. The van der Waals surface area contributed by atoms with Crippen LogP contribution in [-0.2, 0) is 14.8 Å². The van der Waals surface area contributed by atoms with Crippen LogP contribution in [0.25, 0.3) is 0 Å². The largest absolute Gasteiger partial charge is 0.340 e. The van der Waals surface area contributed by atoms with Gasteiger partial charge in [0.2, 0.25) is 15.9 Å². The van der Waals surface area contributed by atoms with Crippen molar-refractivity contribution in [3.63, 3.8) is 0 Å². The van der Waals surface area contributed by atoms with E-state index >= 15 is 0 Å². The molecule has 1 aliphatic heterocycles. The van der Waals surface area contributed by atoms with Crippen LogP contribution in [0.2, 0.25) is 0 Å².